The first kappa shape index (κ1) is 26.2. The quantitative estimate of drug-likeness (QED) is 0.150. The standard InChI is InChI=1S/C29H33N3O2S2/c1-4-6-7-11-16-31-28(33)26(36-29(31)35)19-22-20-32(23-12-9-8-10-13-23)30-27(22)25-15-14-24(18-21(25)3)34-17-5-2/h8-10,12-15,18-20H,4-7,11,16-17H2,1-3H3. The molecule has 1 aliphatic rings. The Labute approximate surface area is 223 Å². The van der Waals surface area contributed by atoms with Crippen LogP contribution in [0.5, 0.6) is 5.75 Å². The highest BCUT2D eigenvalue weighted by Crippen LogP contribution is 2.36. The first-order valence-corrected chi connectivity index (χ1v) is 13.9. The molecular formula is C29H33N3O2S2. The van der Waals surface area contributed by atoms with Gasteiger partial charge >= 0.3 is 0 Å². The van der Waals surface area contributed by atoms with Crippen LogP contribution in [0.15, 0.2) is 59.6 Å². The van der Waals surface area contributed by atoms with Crippen molar-refractivity contribution >= 4 is 40.3 Å². The van der Waals surface area contributed by atoms with Gasteiger partial charge < -0.3 is 4.74 Å². The highest BCUT2D eigenvalue weighted by atomic mass is 32.2. The molecule has 1 aromatic heterocycles. The second-order valence-electron chi connectivity index (χ2n) is 8.93. The van der Waals surface area contributed by atoms with E-state index < -0.39 is 0 Å². The molecule has 1 amide bonds. The van der Waals surface area contributed by atoms with E-state index in [1.807, 2.05) is 65.5 Å². The summed E-state index contributed by atoms with van der Waals surface area (Å²) in [5.74, 6) is 0.839. The van der Waals surface area contributed by atoms with E-state index >= 15 is 0 Å². The third-order valence-electron chi connectivity index (χ3n) is 6.08. The van der Waals surface area contributed by atoms with Gasteiger partial charge in [0, 0.05) is 23.9 Å². The number of carbonyl (C=O) groups is 1. The number of ether oxygens (including phenoxy) is 1. The van der Waals surface area contributed by atoms with Crippen molar-refractivity contribution in [2.75, 3.05) is 13.2 Å². The van der Waals surface area contributed by atoms with Crippen molar-refractivity contribution in [3.8, 4) is 22.7 Å². The van der Waals surface area contributed by atoms with E-state index in [2.05, 4.69) is 20.8 Å². The van der Waals surface area contributed by atoms with Crippen LogP contribution in [0.4, 0.5) is 0 Å². The number of nitrogens with zero attached hydrogens (tertiary/aromatic N) is 3. The molecule has 36 heavy (non-hydrogen) atoms. The van der Waals surface area contributed by atoms with Crippen LogP contribution < -0.4 is 4.74 Å². The van der Waals surface area contributed by atoms with Crippen LogP contribution >= 0.6 is 24.0 Å². The first-order chi connectivity index (χ1) is 17.5. The lowest BCUT2D eigenvalue weighted by Gasteiger charge is -2.13. The van der Waals surface area contributed by atoms with Crippen LogP contribution in [0.1, 0.15) is 57.1 Å². The van der Waals surface area contributed by atoms with Crippen molar-refractivity contribution in [3.05, 3.63) is 70.8 Å². The van der Waals surface area contributed by atoms with Gasteiger partial charge in [-0.15, -0.1) is 0 Å². The van der Waals surface area contributed by atoms with Gasteiger partial charge in [0.15, 0.2) is 0 Å². The minimum Gasteiger partial charge on any atom is -0.494 e. The number of benzene rings is 2. The third-order valence-corrected chi connectivity index (χ3v) is 7.46. The van der Waals surface area contributed by atoms with Gasteiger partial charge in [0.05, 0.1) is 17.2 Å². The van der Waals surface area contributed by atoms with Gasteiger partial charge in [-0.25, -0.2) is 4.68 Å². The predicted octanol–water partition coefficient (Wildman–Crippen LogP) is 7.42. The molecule has 1 fully saturated rings. The normalized spacial score (nSPS) is 14.8. The largest absolute Gasteiger partial charge is 0.494 e. The molecule has 4 rings (SSSR count). The van der Waals surface area contributed by atoms with Crippen molar-refractivity contribution < 1.29 is 9.53 Å². The number of rotatable bonds is 11. The molecule has 5 nitrogen and oxygen atoms in total. The van der Waals surface area contributed by atoms with E-state index in [4.69, 9.17) is 22.1 Å². The summed E-state index contributed by atoms with van der Waals surface area (Å²) >= 11 is 6.94. The van der Waals surface area contributed by atoms with E-state index in [1.54, 1.807) is 4.90 Å². The predicted molar refractivity (Wildman–Crippen MR) is 154 cm³/mol. The van der Waals surface area contributed by atoms with Crippen molar-refractivity contribution in [3.63, 3.8) is 0 Å². The molecule has 0 radical (unpaired) electrons. The van der Waals surface area contributed by atoms with Crippen LogP contribution in [0.2, 0.25) is 0 Å². The number of hydrogen-bond donors (Lipinski definition) is 0. The van der Waals surface area contributed by atoms with E-state index in [0.717, 1.165) is 59.5 Å². The number of aromatic nitrogens is 2. The number of hydrogen-bond acceptors (Lipinski definition) is 5. The lowest BCUT2D eigenvalue weighted by Crippen LogP contribution is -2.29. The lowest BCUT2D eigenvalue weighted by molar-refractivity contribution is -0.122. The summed E-state index contributed by atoms with van der Waals surface area (Å²) in [6, 6.07) is 16.1. The second kappa shape index (κ2) is 12.4. The van der Waals surface area contributed by atoms with E-state index in [-0.39, 0.29) is 5.91 Å². The van der Waals surface area contributed by atoms with Gasteiger partial charge in [0.2, 0.25) is 0 Å². The molecule has 1 saturated heterocycles. The van der Waals surface area contributed by atoms with Crippen LogP contribution in [0, 0.1) is 6.92 Å². The molecular weight excluding hydrogens is 486 g/mol. The summed E-state index contributed by atoms with van der Waals surface area (Å²) < 4.78 is 8.32. The number of thioether (sulfide) groups is 1. The Morgan fingerprint density at radius 1 is 1.06 bits per heavy atom. The molecule has 188 valence electrons. The fraction of sp³-hybridized carbons (Fsp3) is 0.345. The fourth-order valence-corrected chi connectivity index (χ4v) is 5.46. The Morgan fingerprint density at radius 3 is 2.58 bits per heavy atom. The van der Waals surface area contributed by atoms with Crippen molar-refractivity contribution in [2.24, 2.45) is 0 Å². The zero-order valence-electron chi connectivity index (χ0n) is 21.2. The van der Waals surface area contributed by atoms with Gasteiger partial charge in [-0.3, -0.25) is 9.69 Å². The Balaban J connectivity index is 1.69. The average molecular weight is 520 g/mol. The Morgan fingerprint density at radius 2 is 1.86 bits per heavy atom. The van der Waals surface area contributed by atoms with Crippen molar-refractivity contribution in [1.29, 1.82) is 0 Å². The van der Waals surface area contributed by atoms with Gasteiger partial charge in [-0.05, 0) is 61.7 Å². The smallest absolute Gasteiger partial charge is 0.266 e. The Hall–Kier alpha value is -2.90. The molecule has 0 N–H and O–H groups in total. The number of para-hydroxylation sites is 1. The minimum atomic E-state index is -0.0139. The third kappa shape index (κ3) is 6.08. The Kier molecular flexibility index (Phi) is 8.99. The molecule has 0 bridgehead atoms. The van der Waals surface area contributed by atoms with E-state index in [0.29, 0.717) is 22.4 Å². The first-order valence-electron chi connectivity index (χ1n) is 12.7. The van der Waals surface area contributed by atoms with Crippen molar-refractivity contribution in [1.82, 2.24) is 14.7 Å². The number of thiocarbonyl (C=S) groups is 1. The molecule has 0 aliphatic carbocycles. The maximum Gasteiger partial charge on any atom is 0.266 e. The average Bonchev–Trinajstić information content (AvgIpc) is 3.41. The number of unbranched alkanes of at least 4 members (excludes halogenated alkanes) is 3. The fourth-order valence-electron chi connectivity index (χ4n) is 4.16. The van der Waals surface area contributed by atoms with Gasteiger partial charge in [0.25, 0.3) is 5.91 Å². The van der Waals surface area contributed by atoms with Gasteiger partial charge in [-0.2, -0.15) is 5.10 Å². The monoisotopic (exact) mass is 519 g/mol. The summed E-state index contributed by atoms with van der Waals surface area (Å²) in [6.07, 6.45) is 9.30. The van der Waals surface area contributed by atoms with Crippen LogP contribution in [0.25, 0.3) is 23.0 Å². The topological polar surface area (TPSA) is 47.4 Å². The van der Waals surface area contributed by atoms with Gasteiger partial charge in [-0.1, -0.05) is 75.3 Å². The highest BCUT2D eigenvalue weighted by molar-refractivity contribution is 8.26. The van der Waals surface area contributed by atoms with E-state index in [9.17, 15) is 4.79 Å². The molecule has 7 heteroatoms. The van der Waals surface area contributed by atoms with Crippen LogP contribution in [-0.2, 0) is 4.79 Å². The maximum atomic E-state index is 13.2. The zero-order chi connectivity index (χ0) is 25.5. The number of aryl methyl sites for hydroxylation is 1. The summed E-state index contributed by atoms with van der Waals surface area (Å²) in [5, 5.41) is 4.94. The molecule has 0 spiro atoms. The molecule has 1 aliphatic heterocycles. The SMILES string of the molecule is CCCCCCN1C(=O)C(=Cc2cn(-c3ccccc3)nc2-c2ccc(OCCC)cc2C)SC1=S. The van der Waals surface area contributed by atoms with Gasteiger partial charge in [0.1, 0.15) is 15.8 Å². The number of amides is 1. The molecule has 2 aromatic carbocycles. The lowest BCUT2D eigenvalue weighted by atomic mass is 10.0. The number of carbonyl (C=O) groups excluding carboxylic acids is 1. The molecule has 3 aromatic rings. The van der Waals surface area contributed by atoms with Crippen LogP contribution in [-0.4, -0.2) is 38.1 Å². The summed E-state index contributed by atoms with van der Waals surface area (Å²) in [4.78, 5) is 15.6. The van der Waals surface area contributed by atoms with Crippen molar-refractivity contribution in [2.45, 2.75) is 52.9 Å². The molecule has 0 atom stereocenters. The summed E-state index contributed by atoms with van der Waals surface area (Å²) in [7, 11) is 0. The van der Waals surface area contributed by atoms with E-state index in [1.165, 1.54) is 18.2 Å². The Bertz CT molecular complexity index is 1250. The molecule has 2 heterocycles. The summed E-state index contributed by atoms with van der Waals surface area (Å²) in [5.41, 5.74) is 4.75. The minimum absolute atomic E-state index is 0.0139. The van der Waals surface area contributed by atoms with Crippen LogP contribution in [0.3, 0.4) is 0 Å². The highest BCUT2D eigenvalue weighted by Gasteiger charge is 2.32. The summed E-state index contributed by atoms with van der Waals surface area (Å²) in [6.45, 7) is 7.71. The second-order valence-corrected chi connectivity index (χ2v) is 10.6. The zero-order valence-corrected chi connectivity index (χ0v) is 22.8. The molecule has 0 saturated carbocycles. The maximum absolute atomic E-state index is 13.2. The molecule has 0 unspecified atom stereocenters.